The average Bonchev–Trinajstić information content (AvgIpc) is 3.19. The molecule has 1 saturated heterocycles. The molecule has 1 fully saturated rings. The van der Waals surface area contributed by atoms with Crippen molar-refractivity contribution in [3.8, 4) is 0 Å². The maximum absolute atomic E-state index is 13.1. The van der Waals surface area contributed by atoms with Crippen molar-refractivity contribution < 1.29 is 18.7 Å². The van der Waals surface area contributed by atoms with Crippen LogP contribution in [0.5, 0.6) is 0 Å². The molecule has 0 spiro atoms. The Morgan fingerprint density at radius 3 is 2.54 bits per heavy atom. The van der Waals surface area contributed by atoms with E-state index in [0.717, 1.165) is 5.56 Å². The van der Waals surface area contributed by atoms with Gasteiger partial charge in [0.25, 0.3) is 5.91 Å². The number of hydrogen-bond donors (Lipinski definition) is 0. The summed E-state index contributed by atoms with van der Waals surface area (Å²) in [7, 11) is 1.34. The molecule has 0 aliphatic carbocycles. The van der Waals surface area contributed by atoms with Gasteiger partial charge in [0.05, 0.1) is 7.11 Å². The number of likely N-dealkylation sites (tertiary alicyclic amines) is 1. The van der Waals surface area contributed by atoms with Crippen molar-refractivity contribution in [3.63, 3.8) is 0 Å². The summed E-state index contributed by atoms with van der Waals surface area (Å²) in [5, 5.41) is 0.673. The highest BCUT2D eigenvalue weighted by Crippen LogP contribution is 2.36. The Hall–Kier alpha value is -3.41. The smallest absolute Gasteiger partial charge is 0.349 e. The summed E-state index contributed by atoms with van der Waals surface area (Å²) in [6.07, 6.45) is 0.425. The maximum atomic E-state index is 13.1. The average molecular weight is 377 g/mol. The van der Waals surface area contributed by atoms with E-state index in [4.69, 9.17) is 9.15 Å². The van der Waals surface area contributed by atoms with Crippen LogP contribution in [0, 0.1) is 0 Å². The van der Waals surface area contributed by atoms with E-state index in [1.165, 1.54) is 12.0 Å². The third kappa shape index (κ3) is 2.87. The van der Waals surface area contributed by atoms with Crippen molar-refractivity contribution in [2.24, 2.45) is 0 Å². The number of rotatable bonds is 3. The molecule has 0 bridgehead atoms. The molecule has 0 radical (unpaired) electrons. The molecule has 142 valence electrons. The topological polar surface area (TPSA) is 76.8 Å². The number of carbonyl (C=O) groups excluding carboxylic acids is 2. The van der Waals surface area contributed by atoms with E-state index in [2.05, 4.69) is 0 Å². The predicted octanol–water partition coefficient (Wildman–Crippen LogP) is 2.75. The van der Waals surface area contributed by atoms with E-state index < -0.39 is 16.9 Å². The number of fused-ring (bicyclic) bond motifs is 1. The van der Waals surface area contributed by atoms with Crippen LogP contribution in [0.4, 0.5) is 0 Å². The molecule has 0 saturated carbocycles. The molecule has 2 heterocycles. The lowest BCUT2D eigenvalue weighted by Gasteiger charge is -2.27. The maximum Gasteiger partial charge on any atom is 0.349 e. The van der Waals surface area contributed by atoms with Crippen LogP contribution < -0.4 is 5.63 Å². The molecule has 0 N–H and O–H groups in total. The third-order valence-corrected chi connectivity index (χ3v) is 5.33. The second kappa shape index (κ2) is 6.96. The summed E-state index contributed by atoms with van der Waals surface area (Å²) in [5.41, 5.74) is -0.435. The Kier molecular flexibility index (Phi) is 4.47. The SMILES string of the molecule is COC(=O)C1(c2ccccc2)CCN(C(=O)c2cc3ccccc3oc2=O)C1. The van der Waals surface area contributed by atoms with Crippen LogP contribution in [0.3, 0.4) is 0 Å². The zero-order chi connectivity index (χ0) is 19.7. The number of hydrogen-bond acceptors (Lipinski definition) is 5. The van der Waals surface area contributed by atoms with Crippen molar-refractivity contribution in [2.45, 2.75) is 11.8 Å². The standard InChI is InChI=1S/C22H19NO5/c1-27-21(26)22(16-8-3-2-4-9-16)11-12-23(14-22)19(24)17-13-15-7-5-6-10-18(15)28-20(17)25/h2-10,13H,11-12,14H2,1H3. The van der Waals surface area contributed by atoms with Crippen molar-refractivity contribution in [1.82, 2.24) is 4.90 Å². The van der Waals surface area contributed by atoms with Crippen LogP contribution in [0.15, 0.2) is 69.9 Å². The minimum atomic E-state index is -0.942. The summed E-state index contributed by atoms with van der Waals surface area (Å²) in [4.78, 5) is 39.6. The molecule has 1 aromatic heterocycles. The molecule has 1 aliphatic heterocycles. The molecule has 1 aliphatic rings. The number of amides is 1. The van der Waals surface area contributed by atoms with Gasteiger partial charge in [-0.2, -0.15) is 0 Å². The molecule has 4 rings (SSSR count). The van der Waals surface area contributed by atoms with Crippen molar-refractivity contribution in [3.05, 3.63) is 82.2 Å². The van der Waals surface area contributed by atoms with Crippen LogP contribution >= 0.6 is 0 Å². The lowest BCUT2D eigenvalue weighted by molar-refractivity contribution is -0.147. The second-order valence-electron chi connectivity index (χ2n) is 6.90. The fourth-order valence-corrected chi connectivity index (χ4v) is 3.84. The number of ether oxygens (including phenoxy) is 1. The highest BCUT2D eigenvalue weighted by atomic mass is 16.5. The Balaban J connectivity index is 1.70. The van der Waals surface area contributed by atoms with Crippen molar-refractivity contribution >= 4 is 22.8 Å². The highest BCUT2D eigenvalue weighted by molar-refractivity contribution is 5.97. The molecule has 1 atom stereocenters. The first kappa shape index (κ1) is 18.0. The Labute approximate surface area is 161 Å². The second-order valence-corrected chi connectivity index (χ2v) is 6.90. The minimum absolute atomic E-state index is 0.0348. The molecule has 1 amide bonds. The van der Waals surface area contributed by atoms with Crippen LogP contribution in [0.1, 0.15) is 22.3 Å². The zero-order valence-electron chi connectivity index (χ0n) is 15.4. The molecular formula is C22H19NO5. The minimum Gasteiger partial charge on any atom is -0.468 e. The number of carbonyl (C=O) groups is 2. The van der Waals surface area contributed by atoms with Crippen molar-refractivity contribution in [2.75, 3.05) is 20.2 Å². The fraction of sp³-hybridized carbons (Fsp3) is 0.227. The number of esters is 1. The lowest BCUT2D eigenvalue weighted by Crippen LogP contribution is -2.42. The van der Waals surface area contributed by atoms with Gasteiger partial charge in [0.1, 0.15) is 16.6 Å². The van der Waals surface area contributed by atoms with Crippen LogP contribution in [-0.4, -0.2) is 37.0 Å². The normalized spacial score (nSPS) is 19.0. The summed E-state index contributed by atoms with van der Waals surface area (Å²) < 4.78 is 10.3. The highest BCUT2D eigenvalue weighted by Gasteiger charge is 2.48. The van der Waals surface area contributed by atoms with Gasteiger partial charge >= 0.3 is 11.6 Å². The summed E-state index contributed by atoms with van der Waals surface area (Å²) in [6.45, 7) is 0.490. The molecule has 6 nitrogen and oxygen atoms in total. The fourth-order valence-electron chi connectivity index (χ4n) is 3.84. The van der Waals surface area contributed by atoms with Gasteiger partial charge in [0.15, 0.2) is 0 Å². The molecular weight excluding hydrogens is 358 g/mol. The third-order valence-electron chi connectivity index (χ3n) is 5.33. The molecule has 1 unspecified atom stereocenters. The number of methoxy groups -OCH3 is 1. The monoisotopic (exact) mass is 377 g/mol. The van der Waals surface area contributed by atoms with E-state index in [-0.39, 0.29) is 18.1 Å². The van der Waals surface area contributed by atoms with Gasteiger partial charge in [0.2, 0.25) is 0 Å². The number of nitrogens with zero attached hydrogens (tertiary/aromatic N) is 1. The molecule has 3 aromatic rings. The summed E-state index contributed by atoms with van der Waals surface area (Å²) >= 11 is 0. The van der Waals surface area contributed by atoms with Crippen LogP contribution in [-0.2, 0) is 14.9 Å². The van der Waals surface area contributed by atoms with Crippen LogP contribution in [0.2, 0.25) is 0 Å². The largest absolute Gasteiger partial charge is 0.468 e. The first-order chi connectivity index (χ1) is 13.5. The van der Waals surface area contributed by atoms with Gasteiger partial charge in [-0.05, 0) is 24.1 Å². The van der Waals surface area contributed by atoms with Gasteiger partial charge in [-0.3, -0.25) is 9.59 Å². The first-order valence-corrected chi connectivity index (χ1v) is 9.01. The molecule has 2 aromatic carbocycles. The Bertz CT molecular complexity index is 1100. The Morgan fingerprint density at radius 1 is 1.07 bits per heavy atom. The van der Waals surface area contributed by atoms with Gasteiger partial charge in [-0.15, -0.1) is 0 Å². The van der Waals surface area contributed by atoms with E-state index in [1.807, 2.05) is 36.4 Å². The quantitative estimate of drug-likeness (QED) is 0.518. The number of para-hydroxylation sites is 1. The predicted molar refractivity (Wildman–Crippen MR) is 103 cm³/mol. The number of benzene rings is 2. The first-order valence-electron chi connectivity index (χ1n) is 9.01. The molecule has 28 heavy (non-hydrogen) atoms. The van der Waals surface area contributed by atoms with Gasteiger partial charge < -0.3 is 14.1 Å². The van der Waals surface area contributed by atoms with Crippen LogP contribution in [0.25, 0.3) is 11.0 Å². The van der Waals surface area contributed by atoms with E-state index in [0.29, 0.717) is 23.9 Å². The van der Waals surface area contributed by atoms with E-state index in [9.17, 15) is 14.4 Å². The van der Waals surface area contributed by atoms with Gasteiger partial charge in [-0.25, -0.2) is 4.79 Å². The summed E-state index contributed by atoms with van der Waals surface area (Å²) in [6, 6.07) is 17.9. The van der Waals surface area contributed by atoms with E-state index in [1.54, 1.807) is 24.3 Å². The Morgan fingerprint density at radius 2 is 1.79 bits per heavy atom. The van der Waals surface area contributed by atoms with Gasteiger partial charge in [0, 0.05) is 18.5 Å². The molecule has 6 heteroatoms. The van der Waals surface area contributed by atoms with Crippen molar-refractivity contribution in [1.29, 1.82) is 0 Å². The lowest BCUT2D eigenvalue weighted by atomic mass is 9.79. The van der Waals surface area contributed by atoms with E-state index >= 15 is 0 Å². The summed E-state index contributed by atoms with van der Waals surface area (Å²) in [5.74, 6) is -0.833. The van der Waals surface area contributed by atoms with Gasteiger partial charge in [-0.1, -0.05) is 48.5 Å². The zero-order valence-corrected chi connectivity index (χ0v) is 15.4.